The number of carbonyl (C=O) groups is 1. The van der Waals surface area contributed by atoms with Crippen LogP contribution in [0.2, 0.25) is 5.15 Å². The molecule has 0 atom stereocenters. The van der Waals surface area contributed by atoms with Crippen molar-refractivity contribution in [2.75, 3.05) is 39.2 Å². The summed E-state index contributed by atoms with van der Waals surface area (Å²) in [6.07, 6.45) is 0. The summed E-state index contributed by atoms with van der Waals surface area (Å²) in [6, 6.07) is 3.26. The quantitative estimate of drug-likeness (QED) is 0.803. The number of aromatic nitrogens is 1. The number of nitrogens with one attached hydrogen (secondary N) is 1. The third kappa shape index (κ3) is 4.16. The van der Waals surface area contributed by atoms with E-state index in [1.165, 1.54) is 0 Å². The molecule has 0 aromatic carbocycles. The van der Waals surface area contributed by atoms with Gasteiger partial charge in [-0.2, -0.15) is 0 Å². The minimum absolute atomic E-state index is 0.101. The zero-order chi connectivity index (χ0) is 13.5. The highest BCUT2D eigenvalue weighted by Crippen LogP contribution is 2.15. The lowest BCUT2D eigenvalue weighted by Gasteiger charge is -2.17. The maximum absolute atomic E-state index is 12.1. The lowest BCUT2D eigenvalue weighted by molar-refractivity contribution is 0.0744. The minimum Gasteiger partial charge on any atom is -0.383 e. The molecule has 0 unspecified atom stereocenters. The van der Waals surface area contributed by atoms with Gasteiger partial charge in [-0.25, -0.2) is 4.98 Å². The van der Waals surface area contributed by atoms with Gasteiger partial charge in [0.2, 0.25) is 0 Å². The lowest BCUT2D eigenvalue weighted by Crippen LogP contribution is -2.30. The van der Waals surface area contributed by atoms with Gasteiger partial charge < -0.3 is 15.0 Å². The number of hydrogen-bond acceptors (Lipinski definition) is 4. The number of ether oxygens (including phenoxy) is 1. The maximum atomic E-state index is 12.1. The Labute approximate surface area is 112 Å². The molecule has 100 valence electrons. The van der Waals surface area contributed by atoms with Crippen molar-refractivity contribution in [3.05, 3.63) is 22.8 Å². The molecule has 0 aliphatic carbocycles. The molecule has 0 saturated heterocycles. The molecule has 0 fully saturated rings. The molecule has 0 aliphatic heterocycles. The number of amides is 1. The summed E-state index contributed by atoms with van der Waals surface area (Å²) < 4.78 is 4.94. The molecular weight excluding hydrogens is 254 g/mol. The first kappa shape index (κ1) is 14.7. The lowest BCUT2D eigenvalue weighted by atomic mass is 10.2. The van der Waals surface area contributed by atoms with Gasteiger partial charge in [-0.3, -0.25) is 4.79 Å². The van der Waals surface area contributed by atoms with Gasteiger partial charge in [0.25, 0.3) is 5.91 Å². The van der Waals surface area contributed by atoms with Crippen LogP contribution in [0.1, 0.15) is 17.3 Å². The number of carbonyl (C=O) groups excluding carboxylic acids is 1. The van der Waals surface area contributed by atoms with Crippen molar-refractivity contribution >= 4 is 23.3 Å². The van der Waals surface area contributed by atoms with Crippen LogP contribution in [0.3, 0.4) is 0 Å². The van der Waals surface area contributed by atoms with Gasteiger partial charge in [-0.05, 0) is 19.1 Å². The molecular formula is C12H18ClN3O2. The topological polar surface area (TPSA) is 54.5 Å². The number of halogens is 1. The number of anilines is 1. The second kappa shape index (κ2) is 7.18. The Hall–Kier alpha value is -1.33. The average molecular weight is 272 g/mol. The van der Waals surface area contributed by atoms with Crippen molar-refractivity contribution in [3.8, 4) is 0 Å². The van der Waals surface area contributed by atoms with E-state index in [9.17, 15) is 4.79 Å². The fourth-order valence-corrected chi connectivity index (χ4v) is 1.65. The van der Waals surface area contributed by atoms with E-state index >= 15 is 0 Å². The van der Waals surface area contributed by atoms with Gasteiger partial charge in [0.1, 0.15) is 11.0 Å². The third-order valence-corrected chi connectivity index (χ3v) is 2.57. The SMILES string of the molecule is CCNc1cc(C(=O)N(C)CCOC)cc(Cl)n1. The Bertz CT molecular complexity index is 412. The van der Waals surface area contributed by atoms with Crippen LogP contribution >= 0.6 is 11.6 Å². The van der Waals surface area contributed by atoms with Crippen LogP contribution in [0.4, 0.5) is 5.82 Å². The highest BCUT2D eigenvalue weighted by atomic mass is 35.5. The van der Waals surface area contributed by atoms with E-state index in [-0.39, 0.29) is 5.91 Å². The van der Waals surface area contributed by atoms with Crippen molar-refractivity contribution in [1.82, 2.24) is 9.88 Å². The molecule has 6 heteroatoms. The summed E-state index contributed by atoms with van der Waals surface area (Å²) >= 11 is 5.89. The van der Waals surface area contributed by atoms with Crippen LogP contribution in [0.5, 0.6) is 0 Å². The summed E-state index contributed by atoms with van der Waals surface area (Å²) in [5.74, 6) is 0.504. The average Bonchev–Trinajstić information content (AvgIpc) is 2.34. The number of likely N-dealkylation sites (N-methyl/N-ethyl adjacent to an activating group) is 1. The largest absolute Gasteiger partial charge is 0.383 e. The Kier molecular flexibility index (Phi) is 5.88. The van der Waals surface area contributed by atoms with Crippen molar-refractivity contribution in [2.24, 2.45) is 0 Å². The molecule has 0 saturated carbocycles. The molecule has 0 spiro atoms. The summed E-state index contributed by atoms with van der Waals surface area (Å²) in [5.41, 5.74) is 0.518. The first-order valence-electron chi connectivity index (χ1n) is 5.74. The molecule has 1 heterocycles. The van der Waals surface area contributed by atoms with Crippen molar-refractivity contribution in [3.63, 3.8) is 0 Å². The van der Waals surface area contributed by atoms with E-state index in [4.69, 9.17) is 16.3 Å². The molecule has 0 bridgehead atoms. The van der Waals surface area contributed by atoms with Crippen LogP contribution in [0, 0.1) is 0 Å². The van der Waals surface area contributed by atoms with E-state index < -0.39 is 0 Å². The summed E-state index contributed by atoms with van der Waals surface area (Å²) in [4.78, 5) is 17.8. The number of methoxy groups -OCH3 is 1. The first-order chi connectivity index (χ1) is 8.58. The smallest absolute Gasteiger partial charge is 0.253 e. The van der Waals surface area contributed by atoms with Gasteiger partial charge in [-0.15, -0.1) is 0 Å². The van der Waals surface area contributed by atoms with Gasteiger partial charge in [-0.1, -0.05) is 11.6 Å². The van der Waals surface area contributed by atoms with Crippen LogP contribution in [0.25, 0.3) is 0 Å². The zero-order valence-corrected chi connectivity index (χ0v) is 11.6. The van der Waals surface area contributed by atoms with Gasteiger partial charge in [0.15, 0.2) is 0 Å². The second-order valence-electron chi connectivity index (χ2n) is 3.81. The summed E-state index contributed by atoms with van der Waals surface area (Å²) in [7, 11) is 3.33. The van der Waals surface area contributed by atoms with Gasteiger partial charge in [0, 0.05) is 32.8 Å². The van der Waals surface area contributed by atoms with E-state index in [1.54, 1.807) is 31.2 Å². The van der Waals surface area contributed by atoms with Crippen molar-refractivity contribution in [2.45, 2.75) is 6.92 Å². The fourth-order valence-electron chi connectivity index (χ4n) is 1.44. The Morgan fingerprint density at radius 1 is 1.56 bits per heavy atom. The summed E-state index contributed by atoms with van der Waals surface area (Å²) in [5, 5.41) is 3.34. The van der Waals surface area contributed by atoms with Crippen molar-refractivity contribution in [1.29, 1.82) is 0 Å². The monoisotopic (exact) mass is 271 g/mol. The summed E-state index contributed by atoms with van der Waals surface area (Å²) in [6.45, 7) is 3.71. The van der Waals surface area contributed by atoms with Crippen LogP contribution in [-0.2, 0) is 4.74 Å². The standard InChI is InChI=1S/C12H18ClN3O2/c1-4-14-11-8-9(7-10(13)15-11)12(17)16(2)5-6-18-3/h7-8H,4-6H2,1-3H3,(H,14,15). The van der Waals surface area contributed by atoms with Gasteiger partial charge in [0.05, 0.1) is 6.61 Å². The van der Waals surface area contributed by atoms with E-state index in [1.807, 2.05) is 6.92 Å². The maximum Gasteiger partial charge on any atom is 0.253 e. The Morgan fingerprint density at radius 3 is 2.89 bits per heavy atom. The zero-order valence-electron chi connectivity index (χ0n) is 10.9. The molecule has 0 radical (unpaired) electrons. The molecule has 1 N–H and O–H groups in total. The molecule has 18 heavy (non-hydrogen) atoms. The highest BCUT2D eigenvalue weighted by Gasteiger charge is 2.13. The van der Waals surface area contributed by atoms with Gasteiger partial charge >= 0.3 is 0 Å². The van der Waals surface area contributed by atoms with E-state index in [2.05, 4.69) is 10.3 Å². The number of rotatable bonds is 6. The molecule has 1 aromatic heterocycles. The van der Waals surface area contributed by atoms with Crippen LogP contribution in [0.15, 0.2) is 12.1 Å². The Balaban J connectivity index is 2.84. The van der Waals surface area contributed by atoms with E-state index in [0.29, 0.717) is 29.7 Å². The number of hydrogen-bond donors (Lipinski definition) is 1. The van der Waals surface area contributed by atoms with Crippen molar-refractivity contribution < 1.29 is 9.53 Å². The first-order valence-corrected chi connectivity index (χ1v) is 6.12. The highest BCUT2D eigenvalue weighted by molar-refractivity contribution is 6.29. The predicted molar refractivity (Wildman–Crippen MR) is 72.2 cm³/mol. The molecule has 5 nitrogen and oxygen atoms in total. The number of pyridine rings is 1. The normalized spacial score (nSPS) is 10.2. The van der Waals surface area contributed by atoms with Crippen LogP contribution in [-0.4, -0.2) is 49.6 Å². The predicted octanol–water partition coefficient (Wildman–Crippen LogP) is 1.89. The minimum atomic E-state index is -0.101. The van der Waals surface area contributed by atoms with Crippen LogP contribution < -0.4 is 5.32 Å². The second-order valence-corrected chi connectivity index (χ2v) is 4.20. The number of nitrogens with zero attached hydrogens (tertiary/aromatic N) is 2. The molecule has 1 rings (SSSR count). The molecule has 1 aromatic rings. The Morgan fingerprint density at radius 2 is 2.28 bits per heavy atom. The molecule has 1 amide bonds. The molecule has 0 aliphatic rings. The fraction of sp³-hybridized carbons (Fsp3) is 0.500. The third-order valence-electron chi connectivity index (χ3n) is 2.38. The van der Waals surface area contributed by atoms with E-state index in [0.717, 1.165) is 6.54 Å².